The second-order valence-corrected chi connectivity index (χ2v) is 5.48. The summed E-state index contributed by atoms with van der Waals surface area (Å²) in [6, 6.07) is 8.20. The first-order chi connectivity index (χ1) is 10.2. The van der Waals surface area contributed by atoms with E-state index in [1.54, 1.807) is 0 Å². The summed E-state index contributed by atoms with van der Waals surface area (Å²) in [6.45, 7) is 6.94. The zero-order chi connectivity index (χ0) is 15.1. The number of hydrogen-bond donors (Lipinski definition) is 1. The molecule has 1 aromatic carbocycles. The molecule has 1 N–H and O–H groups in total. The van der Waals surface area contributed by atoms with Crippen molar-refractivity contribution in [2.24, 2.45) is 5.92 Å². The Bertz CT molecular complexity index is 570. The van der Waals surface area contributed by atoms with Gasteiger partial charge in [-0.25, -0.2) is 4.98 Å². The largest absolute Gasteiger partial charge is 0.475 e. The predicted molar refractivity (Wildman–Crippen MR) is 85.7 cm³/mol. The molecule has 0 aliphatic heterocycles. The molecule has 4 heteroatoms. The van der Waals surface area contributed by atoms with Crippen molar-refractivity contribution in [3.63, 3.8) is 0 Å². The van der Waals surface area contributed by atoms with E-state index in [1.165, 1.54) is 10.9 Å². The molecule has 2 rings (SSSR count). The predicted octanol–water partition coefficient (Wildman–Crippen LogP) is 3.01. The third-order valence-electron chi connectivity index (χ3n) is 3.13. The highest BCUT2D eigenvalue weighted by Crippen LogP contribution is 2.25. The van der Waals surface area contributed by atoms with Gasteiger partial charge in [0, 0.05) is 24.7 Å². The minimum Gasteiger partial charge on any atom is -0.475 e. The molecule has 0 radical (unpaired) electrons. The maximum absolute atomic E-state index is 5.78. The molecule has 0 bridgehead atoms. The number of benzene rings is 1. The number of fused-ring (bicyclic) bond motifs is 1. The number of rotatable bonds is 8. The van der Waals surface area contributed by atoms with Crippen LogP contribution in [0.25, 0.3) is 10.8 Å². The minimum absolute atomic E-state index is 0.523. The standard InChI is InChI=1S/C17H24N2O2/c1-13(2)12-20-8-9-21-17-16-7-5-4-6-15(16)14(10-18-3)11-19-17/h4-7,11,13,18H,8-10,12H2,1-3H3. The Kier molecular flexibility index (Phi) is 5.96. The average Bonchev–Trinajstić information content (AvgIpc) is 2.48. The Morgan fingerprint density at radius 2 is 1.90 bits per heavy atom. The Balaban J connectivity index is 2.05. The van der Waals surface area contributed by atoms with Gasteiger partial charge in [0.15, 0.2) is 0 Å². The highest BCUT2D eigenvalue weighted by Gasteiger charge is 2.07. The summed E-state index contributed by atoms with van der Waals surface area (Å²) < 4.78 is 11.3. The van der Waals surface area contributed by atoms with Gasteiger partial charge in [-0.2, -0.15) is 0 Å². The maximum atomic E-state index is 5.78. The zero-order valence-corrected chi connectivity index (χ0v) is 13.1. The summed E-state index contributed by atoms with van der Waals surface area (Å²) in [5.74, 6) is 1.23. The van der Waals surface area contributed by atoms with Gasteiger partial charge in [0.1, 0.15) is 6.61 Å². The van der Waals surface area contributed by atoms with Crippen LogP contribution in [0, 0.1) is 5.92 Å². The third-order valence-corrected chi connectivity index (χ3v) is 3.13. The molecule has 0 spiro atoms. The number of ether oxygens (including phenoxy) is 2. The fourth-order valence-electron chi connectivity index (χ4n) is 2.19. The first kappa shape index (κ1) is 15.7. The Morgan fingerprint density at radius 1 is 1.14 bits per heavy atom. The van der Waals surface area contributed by atoms with Gasteiger partial charge in [-0.1, -0.05) is 32.0 Å². The molecule has 4 nitrogen and oxygen atoms in total. The van der Waals surface area contributed by atoms with Gasteiger partial charge in [-0.3, -0.25) is 0 Å². The molecule has 0 aliphatic rings. The molecule has 0 amide bonds. The topological polar surface area (TPSA) is 43.4 Å². The van der Waals surface area contributed by atoms with Crippen LogP contribution in [0.4, 0.5) is 0 Å². The smallest absolute Gasteiger partial charge is 0.221 e. The van der Waals surface area contributed by atoms with Crippen LogP contribution < -0.4 is 10.1 Å². The van der Waals surface area contributed by atoms with Crippen molar-refractivity contribution >= 4 is 10.8 Å². The van der Waals surface area contributed by atoms with E-state index in [0.29, 0.717) is 25.0 Å². The minimum atomic E-state index is 0.523. The van der Waals surface area contributed by atoms with Crippen molar-refractivity contribution in [1.82, 2.24) is 10.3 Å². The van der Waals surface area contributed by atoms with E-state index in [2.05, 4.69) is 30.2 Å². The van der Waals surface area contributed by atoms with Crippen LogP contribution in [0.5, 0.6) is 5.88 Å². The molecule has 1 heterocycles. The van der Waals surface area contributed by atoms with Crippen molar-refractivity contribution < 1.29 is 9.47 Å². The number of hydrogen-bond acceptors (Lipinski definition) is 4. The molecular weight excluding hydrogens is 264 g/mol. The summed E-state index contributed by atoms with van der Waals surface area (Å²) in [7, 11) is 1.94. The number of nitrogens with zero attached hydrogens (tertiary/aromatic N) is 1. The van der Waals surface area contributed by atoms with Gasteiger partial charge in [-0.05, 0) is 30.0 Å². The van der Waals surface area contributed by atoms with Crippen molar-refractivity contribution in [3.8, 4) is 5.88 Å². The molecule has 0 saturated heterocycles. The second kappa shape index (κ2) is 7.96. The summed E-state index contributed by atoms with van der Waals surface area (Å²) in [6.07, 6.45) is 1.88. The Morgan fingerprint density at radius 3 is 2.62 bits per heavy atom. The Hall–Kier alpha value is -1.65. The van der Waals surface area contributed by atoms with Crippen molar-refractivity contribution in [2.45, 2.75) is 20.4 Å². The number of aromatic nitrogens is 1. The fraction of sp³-hybridized carbons (Fsp3) is 0.471. The zero-order valence-electron chi connectivity index (χ0n) is 13.1. The molecule has 2 aromatic rings. The third kappa shape index (κ3) is 4.41. The molecule has 0 saturated carbocycles. The summed E-state index contributed by atoms with van der Waals surface area (Å²) in [4.78, 5) is 4.44. The lowest BCUT2D eigenvalue weighted by Gasteiger charge is -2.12. The van der Waals surface area contributed by atoms with Crippen LogP contribution in [0.3, 0.4) is 0 Å². The van der Waals surface area contributed by atoms with Gasteiger partial charge in [0.05, 0.1) is 6.61 Å². The summed E-state index contributed by atoms with van der Waals surface area (Å²) in [5.41, 5.74) is 1.18. The van der Waals surface area contributed by atoms with Crippen LogP contribution in [-0.4, -0.2) is 31.9 Å². The first-order valence-electron chi connectivity index (χ1n) is 7.44. The molecule has 0 fully saturated rings. The molecule has 0 unspecified atom stereocenters. The van der Waals surface area contributed by atoms with Crippen LogP contribution >= 0.6 is 0 Å². The van der Waals surface area contributed by atoms with Crippen LogP contribution in [-0.2, 0) is 11.3 Å². The fourth-order valence-corrected chi connectivity index (χ4v) is 2.19. The van der Waals surface area contributed by atoms with Gasteiger partial charge < -0.3 is 14.8 Å². The van der Waals surface area contributed by atoms with Crippen LogP contribution in [0.2, 0.25) is 0 Å². The van der Waals surface area contributed by atoms with E-state index in [4.69, 9.17) is 9.47 Å². The maximum Gasteiger partial charge on any atom is 0.221 e. The van der Waals surface area contributed by atoms with E-state index in [0.717, 1.165) is 18.5 Å². The summed E-state index contributed by atoms with van der Waals surface area (Å²) >= 11 is 0. The van der Waals surface area contributed by atoms with Gasteiger partial charge in [0.25, 0.3) is 0 Å². The van der Waals surface area contributed by atoms with E-state index in [1.807, 2.05) is 31.4 Å². The van der Waals surface area contributed by atoms with Crippen LogP contribution in [0.1, 0.15) is 19.4 Å². The lowest BCUT2D eigenvalue weighted by molar-refractivity contribution is 0.0811. The van der Waals surface area contributed by atoms with E-state index in [9.17, 15) is 0 Å². The Labute approximate surface area is 126 Å². The molecule has 0 aliphatic carbocycles. The van der Waals surface area contributed by atoms with Gasteiger partial charge in [0.2, 0.25) is 5.88 Å². The van der Waals surface area contributed by atoms with Gasteiger partial charge in [-0.15, -0.1) is 0 Å². The van der Waals surface area contributed by atoms with E-state index >= 15 is 0 Å². The van der Waals surface area contributed by atoms with E-state index < -0.39 is 0 Å². The summed E-state index contributed by atoms with van der Waals surface area (Å²) in [5, 5.41) is 5.40. The lowest BCUT2D eigenvalue weighted by atomic mass is 10.1. The number of nitrogens with one attached hydrogen (secondary N) is 1. The molecule has 21 heavy (non-hydrogen) atoms. The SMILES string of the molecule is CNCc1cnc(OCCOCC(C)C)c2ccccc12. The average molecular weight is 288 g/mol. The van der Waals surface area contributed by atoms with Crippen molar-refractivity contribution in [3.05, 3.63) is 36.0 Å². The number of pyridine rings is 1. The van der Waals surface area contributed by atoms with Crippen molar-refractivity contribution in [2.75, 3.05) is 26.9 Å². The van der Waals surface area contributed by atoms with Gasteiger partial charge >= 0.3 is 0 Å². The second-order valence-electron chi connectivity index (χ2n) is 5.48. The normalized spacial score (nSPS) is 11.2. The molecular formula is C17H24N2O2. The molecule has 1 aromatic heterocycles. The van der Waals surface area contributed by atoms with Crippen LogP contribution in [0.15, 0.2) is 30.5 Å². The lowest BCUT2D eigenvalue weighted by Crippen LogP contribution is -2.11. The first-order valence-corrected chi connectivity index (χ1v) is 7.44. The monoisotopic (exact) mass is 288 g/mol. The molecule has 0 atom stereocenters. The highest BCUT2D eigenvalue weighted by atomic mass is 16.5. The quantitative estimate of drug-likeness (QED) is 0.758. The highest BCUT2D eigenvalue weighted by molar-refractivity contribution is 5.89. The molecule has 114 valence electrons. The van der Waals surface area contributed by atoms with E-state index in [-0.39, 0.29) is 0 Å². The van der Waals surface area contributed by atoms with Crippen molar-refractivity contribution in [1.29, 1.82) is 0 Å².